The summed E-state index contributed by atoms with van der Waals surface area (Å²) in [6.07, 6.45) is 0. The van der Waals surface area contributed by atoms with E-state index in [9.17, 15) is 4.79 Å². The third kappa shape index (κ3) is 1.71. The van der Waals surface area contributed by atoms with Crippen molar-refractivity contribution in [2.45, 2.75) is 20.4 Å². The summed E-state index contributed by atoms with van der Waals surface area (Å²) in [5.74, 6) is 0.107. The highest BCUT2D eigenvalue weighted by Crippen LogP contribution is 2.10. The minimum Gasteiger partial charge on any atom is -0.326 e. The number of carbonyl (C=O) groups is 1. The Morgan fingerprint density at radius 2 is 2.17 bits per heavy atom. The van der Waals surface area contributed by atoms with Gasteiger partial charge >= 0.3 is 0 Å². The molecule has 2 heteroatoms. The third-order valence-corrected chi connectivity index (χ3v) is 1.91. The average molecular weight is 163 g/mol. The first-order valence-electron chi connectivity index (χ1n) is 3.95. The van der Waals surface area contributed by atoms with E-state index in [1.165, 1.54) is 0 Å². The van der Waals surface area contributed by atoms with E-state index in [1.54, 1.807) is 6.92 Å². The number of nitrogens with two attached hydrogens (primary N) is 1. The van der Waals surface area contributed by atoms with Crippen molar-refractivity contribution >= 4 is 5.78 Å². The molecule has 0 aliphatic rings. The molecule has 0 amide bonds. The Kier molecular flexibility index (Phi) is 2.61. The van der Waals surface area contributed by atoms with Gasteiger partial charge in [-0.05, 0) is 25.0 Å². The van der Waals surface area contributed by atoms with E-state index in [4.69, 9.17) is 5.73 Å². The van der Waals surface area contributed by atoms with Gasteiger partial charge in [-0.3, -0.25) is 4.79 Å². The van der Waals surface area contributed by atoms with Crippen molar-refractivity contribution in [3.05, 3.63) is 34.9 Å². The zero-order chi connectivity index (χ0) is 9.14. The summed E-state index contributed by atoms with van der Waals surface area (Å²) in [6.45, 7) is 4.03. The predicted octanol–water partition coefficient (Wildman–Crippen LogP) is 1.66. The molecule has 0 spiro atoms. The maximum atomic E-state index is 11.0. The third-order valence-electron chi connectivity index (χ3n) is 1.91. The normalized spacial score (nSPS) is 9.92. The molecule has 0 aromatic heterocycles. The van der Waals surface area contributed by atoms with Gasteiger partial charge in [0, 0.05) is 12.1 Å². The van der Waals surface area contributed by atoms with Gasteiger partial charge in [0.25, 0.3) is 0 Å². The number of carbonyl (C=O) groups excluding carboxylic acids is 1. The number of hydrogen-bond acceptors (Lipinski definition) is 2. The van der Waals surface area contributed by atoms with Gasteiger partial charge in [-0.1, -0.05) is 18.2 Å². The second-order valence-electron chi connectivity index (χ2n) is 2.91. The monoisotopic (exact) mass is 163 g/mol. The van der Waals surface area contributed by atoms with Gasteiger partial charge in [-0.2, -0.15) is 0 Å². The Bertz CT molecular complexity index is 305. The lowest BCUT2D eigenvalue weighted by Gasteiger charge is -2.03. The van der Waals surface area contributed by atoms with Crippen LogP contribution in [0.2, 0.25) is 0 Å². The lowest BCUT2D eigenvalue weighted by atomic mass is 10.0. The van der Waals surface area contributed by atoms with Crippen LogP contribution in [0.4, 0.5) is 0 Å². The summed E-state index contributed by atoms with van der Waals surface area (Å²) in [7, 11) is 0. The topological polar surface area (TPSA) is 43.1 Å². The van der Waals surface area contributed by atoms with Gasteiger partial charge in [-0.15, -0.1) is 0 Å². The standard InChI is InChI=1S/C10H13NO/c1-7-5-9(6-11)3-4-10(7)8(2)12/h3-5H,6,11H2,1-2H3. The van der Waals surface area contributed by atoms with Crippen LogP contribution in [0.1, 0.15) is 28.4 Å². The first kappa shape index (κ1) is 8.94. The molecule has 0 aliphatic carbocycles. The van der Waals surface area contributed by atoms with Crippen molar-refractivity contribution in [1.29, 1.82) is 0 Å². The van der Waals surface area contributed by atoms with Crippen LogP contribution in [0.3, 0.4) is 0 Å². The van der Waals surface area contributed by atoms with E-state index < -0.39 is 0 Å². The fourth-order valence-corrected chi connectivity index (χ4v) is 1.25. The van der Waals surface area contributed by atoms with E-state index in [0.717, 1.165) is 16.7 Å². The van der Waals surface area contributed by atoms with Crippen molar-refractivity contribution in [3.63, 3.8) is 0 Å². The van der Waals surface area contributed by atoms with Crippen molar-refractivity contribution in [2.24, 2.45) is 5.73 Å². The van der Waals surface area contributed by atoms with Crippen LogP contribution in [-0.2, 0) is 6.54 Å². The Morgan fingerprint density at radius 3 is 2.58 bits per heavy atom. The van der Waals surface area contributed by atoms with Gasteiger partial charge < -0.3 is 5.73 Å². The highest BCUT2D eigenvalue weighted by Gasteiger charge is 2.02. The van der Waals surface area contributed by atoms with Crippen LogP contribution in [0.5, 0.6) is 0 Å². The van der Waals surface area contributed by atoms with Crippen LogP contribution in [0.25, 0.3) is 0 Å². The molecule has 0 aliphatic heterocycles. The lowest BCUT2D eigenvalue weighted by Crippen LogP contribution is -2.00. The van der Waals surface area contributed by atoms with Gasteiger partial charge in [0.2, 0.25) is 0 Å². The number of hydrogen-bond donors (Lipinski definition) is 1. The fourth-order valence-electron chi connectivity index (χ4n) is 1.25. The Balaban J connectivity index is 3.12. The summed E-state index contributed by atoms with van der Waals surface area (Å²) < 4.78 is 0. The zero-order valence-corrected chi connectivity index (χ0v) is 7.42. The molecule has 1 rings (SSSR count). The van der Waals surface area contributed by atoms with E-state index in [0.29, 0.717) is 6.54 Å². The van der Waals surface area contributed by atoms with Crippen molar-refractivity contribution < 1.29 is 4.79 Å². The Labute approximate surface area is 72.4 Å². The zero-order valence-electron chi connectivity index (χ0n) is 7.42. The van der Waals surface area contributed by atoms with Crippen molar-refractivity contribution in [1.82, 2.24) is 0 Å². The molecule has 64 valence electrons. The maximum absolute atomic E-state index is 11.0. The van der Waals surface area contributed by atoms with Gasteiger partial charge in [0.15, 0.2) is 5.78 Å². The first-order chi connectivity index (χ1) is 5.65. The maximum Gasteiger partial charge on any atom is 0.160 e. The van der Waals surface area contributed by atoms with Crippen LogP contribution < -0.4 is 5.73 Å². The lowest BCUT2D eigenvalue weighted by molar-refractivity contribution is 0.101. The molecule has 1 aromatic carbocycles. The number of Topliss-reactive ketones (excluding diaryl/α,β-unsaturated/α-hetero) is 1. The minimum absolute atomic E-state index is 0.107. The Hall–Kier alpha value is -1.15. The number of rotatable bonds is 2. The summed E-state index contributed by atoms with van der Waals surface area (Å²) in [4.78, 5) is 11.0. The van der Waals surface area contributed by atoms with E-state index >= 15 is 0 Å². The van der Waals surface area contributed by atoms with Crippen LogP contribution >= 0.6 is 0 Å². The van der Waals surface area contributed by atoms with Crippen LogP contribution in [0, 0.1) is 6.92 Å². The van der Waals surface area contributed by atoms with Crippen molar-refractivity contribution in [2.75, 3.05) is 0 Å². The molecule has 0 unspecified atom stereocenters. The molecule has 0 fully saturated rings. The number of ketones is 1. The average Bonchev–Trinajstić information content (AvgIpc) is 2.03. The summed E-state index contributed by atoms with van der Waals surface area (Å²) >= 11 is 0. The van der Waals surface area contributed by atoms with E-state index in [1.807, 2.05) is 25.1 Å². The second-order valence-corrected chi connectivity index (χ2v) is 2.91. The highest BCUT2D eigenvalue weighted by atomic mass is 16.1. The van der Waals surface area contributed by atoms with E-state index in [-0.39, 0.29) is 5.78 Å². The van der Waals surface area contributed by atoms with Gasteiger partial charge in [0.05, 0.1) is 0 Å². The van der Waals surface area contributed by atoms with Crippen LogP contribution in [0.15, 0.2) is 18.2 Å². The molecule has 0 heterocycles. The largest absolute Gasteiger partial charge is 0.326 e. The molecule has 1 aromatic rings. The second kappa shape index (κ2) is 3.50. The molecule has 0 atom stereocenters. The summed E-state index contributed by atoms with van der Waals surface area (Å²) in [5, 5.41) is 0. The van der Waals surface area contributed by atoms with Crippen molar-refractivity contribution in [3.8, 4) is 0 Å². The van der Waals surface area contributed by atoms with Crippen LogP contribution in [-0.4, -0.2) is 5.78 Å². The molecular weight excluding hydrogens is 150 g/mol. The van der Waals surface area contributed by atoms with Gasteiger partial charge in [-0.25, -0.2) is 0 Å². The SMILES string of the molecule is CC(=O)c1ccc(CN)cc1C. The quantitative estimate of drug-likeness (QED) is 0.674. The molecule has 0 saturated heterocycles. The molecule has 0 saturated carbocycles. The fraction of sp³-hybridized carbons (Fsp3) is 0.300. The molecule has 0 radical (unpaired) electrons. The molecule has 0 bridgehead atoms. The predicted molar refractivity (Wildman–Crippen MR) is 49.1 cm³/mol. The highest BCUT2D eigenvalue weighted by molar-refractivity contribution is 5.95. The smallest absolute Gasteiger partial charge is 0.160 e. The Morgan fingerprint density at radius 1 is 1.50 bits per heavy atom. The first-order valence-corrected chi connectivity index (χ1v) is 3.95. The van der Waals surface area contributed by atoms with E-state index in [2.05, 4.69) is 0 Å². The summed E-state index contributed by atoms with van der Waals surface area (Å²) in [6, 6.07) is 5.68. The molecule has 12 heavy (non-hydrogen) atoms. The summed E-state index contributed by atoms with van der Waals surface area (Å²) in [5.41, 5.74) is 8.32. The number of benzene rings is 1. The molecular formula is C10H13NO. The van der Waals surface area contributed by atoms with Gasteiger partial charge in [0.1, 0.15) is 0 Å². The molecule has 2 N–H and O–H groups in total. The minimum atomic E-state index is 0.107. The number of aryl methyl sites for hydroxylation is 1. The molecule has 2 nitrogen and oxygen atoms in total.